The molecule has 6 nitrogen and oxygen atoms in total. The van der Waals surface area contributed by atoms with Crippen LogP contribution in [0.5, 0.6) is 0 Å². The fourth-order valence-corrected chi connectivity index (χ4v) is 3.59. The zero-order chi connectivity index (χ0) is 21.8. The van der Waals surface area contributed by atoms with Gasteiger partial charge in [0.05, 0.1) is 17.8 Å². The van der Waals surface area contributed by atoms with Crippen molar-refractivity contribution in [2.75, 3.05) is 7.05 Å². The van der Waals surface area contributed by atoms with E-state index in [0.717, 1.165) is 22.4 Å². The van der Waals surface area contributed by atoms with Gasteiger partial charge in [-0.3, -0.25) is 14.3 Å². The van der Waals surface area contributed by atoms with Crippen LogP contribution >= 0.6 is 11.6 Å². The van der Waals surface area contributed by atoms with Gasteiger partial charge in [-0.05, 0) is 17.7 Å². The molecule has 0 atom stereocenters. The number of nitrogens with one attached hydrogen (secondary N) is 1. The van der Waals surface area contributed by atoms with Crippen LogP contribution in [0, 0.1) is 0 Å². The molecule has 2 aromatic heterocycles. The monoisotopic (exact) mass is 432 g/mol. The quantitative estimate of drug-likeness (QED) is 0.496. The number of carbonyl (C=O) groups excluding carboxylic acids is 1. The number of halogens is 1. The minimum atomic E-state index is -0.244. The standard InChI is InChI=1S/C24H21ClN4O2/c1-28(24(31)18-11-12-22(30)26-13-18)14-20-16-29(15-19-9-5-6-10-21(19)25)27-23(20)17-7-3-2-4-8-17/h2-13,16H,14-15H2,1H3,(H,26,30). The summed E-state index contributed by atoms with van der Waals surface area (Å²) in [5.74, 6) is -0.186. The highest BCUT2D eigenvalue weighted by Crippen LogP contribution is 2.25. The first-order valence-electron chi connectivity index (χ1n) is 9.80. The van der Waals surface area contributed by atoms with E-state index in [4.69, 9.17) is 16.7 Å². The topological polar surface area (TPSA) is 71.0 Å². The van der Waals surface area contributed by atoms with Crippen LogP contribution in [-0.4, -0.2) is 32.6 Å². The Balaban J connectivity index is 1.64. The molecule has 7 heteroatoms. The second-order valence-corrected chi connectivity index (χ2v) is 7.67. The molecule has 0 aliphatic rings. The minimum Gasteiger partial charge on any atom is -0.337 e. The van der Waals surface area contributed by atoms with Crippen LogP contribution in [0.3, 0.4) is 0 Å². The molecule has 0 radical (unpaired) electrons. The van der Waals surface area contributed by atoms with E-state index in [1.165, 1.54) is 18.3 Å². The number of rotatable bonds is 6. The molecule has 2 heterocycles. The summed E-state index contributed by atoms with van der Waals surface area (Å²) in [6, 6.07) is 20.4. The first-order chi connectivity index (χ1) is 15.0. The lowest BCUT2D eigenvalue weighted by atomic mass is 10.1. The molecule has 0 aliphatic heterocycles. The number of H-pyrrole nitrogens is 1. The molecule has 0 saturated heterocycles. The number of carbonyl (C=O) groups is 1. The highest BCUT2D eigenvalue weighted by atomic mass is 35.5. The number of benzene rings is 2. The molecular weight excluding hydrogens is 412 g/mol. The second-order valence-electron chi connectivity index (χ2n) is 7.26. The summed E-state index contributed by atoms with van der Waals surface area (Å²) >= 11 is 6.32. The van der Waals surface area contributed by atoms with E-state index in [-0.39, 0.29) is 11.5 Å². The van der Waals surface area contributed by atoms with Crippen LogP contribution in [0.25, 0.3) is 11.3 Å². The van der Waals surface area contributed by atoms with E-state index in [2.05, 4.69) is 4.98 Å². The Kier molecular flexibility index (Phi) is 6.00. The van der Waals surface area contributed by atoms with E-state index in [1.807, 2.05) is 65.5 Å². The molecule has 4 aromatic rings. The Morgan fingerprint density at radius 3 is 2.48 bits per heavy atom. The SMILES string of the molecule is CN(Cc1cn(Cc2ccccc2Cl)nc1-c1ccccc1)C(=O)c1ccc(=O)[nH]c1. The average Bonchev–Trinajstić information content (AvgIpc) is 3.18. The minimum absolute atomic E-state index is 0.186. The van der Waals surface area contributed by atoms with Gasteiger partial charge in [0.2, 0.25) is 5.56 Å². The van der Waals surface area contributed by atoms with Crippen molar-refractivity contribution in [2.45, 2.75) is 13.1 Å². The van der Waals surface area contributed by atoms with Gasteiger partial charge in [0.1, 0.15) is 0 Å². The van der Waals surface area contributed by atoms with Crippen LogP contribution in [0.2, 0.25) is 5.02 Å². The molecule has 0 spiro atoms. The fourth-order valence-electron chi connectivity index (χ4n) is 3.39. The van der Waals surface area contributed by atoms with Crippen LogP contribution in [0.1, 0.15) is 21.5 Å². The normalized spacial score (nSPS) is 10.8. The number of nitrogens with zero attached hydrogens (tertiary/aromatic N) is 3. The van der Waals surface area contributed by atoms with Crippen molar-refractivity contribution in [3.05, 3.63) is 111 Å². The molecule has 0 unspecified atom stereocenters. The lowest BCUT2D eigenvalue weighted by Crippen LogP contribution is -2.27. The van der Waals surface area contributed by atoms with Gasteiger partial charge < -0.3 is 9.88 Å². The summed E-state index contributed by atoms with van der Waals surface area (Å²) in [6.07, 6.45) is 3.38. The molecule has 0 aliphatic carbocycles. The van der Waals surface area contributed by atoms with Crippen molar-refractivity contribution >= 4 is 17.5 Å². The molecule has 1 N–H and O–H groups in total. The van der Waals surface area contributed by atoms with E-state index in [9.17, 15) is 9.59 Å². The van der Waals surface area contributed by atoms with Gasteiger partial charge in [0.25, 0.3) is 5.91 Å². The van der Waals surface area contributed by atoms with E-state index in [1.54, 1.807) is 11.9 Å². The lowest BCUT2D eigenvalue weighted by molar-refractivity contribution is 0.0785. The molecule has 0 saturated carbocycles. The van der Waals surface area contributed by atoms with Crippen LogP contribution in [0.4, 0.5) is 0 Å². The number of aromatic amines is 1. The molecule has 31 heavy (non-hydrogen) atoms. The zero-order valence-corrected chi connectivity index (χ0v) is 17.7. The predicted molar refractivity (Wildman–Crippen MR) is 121 cm³/mol. The number of pyridine rings is 1. The summed E-state index contributed by atoms with van der Waals surface area (Å²) in [6.45, 7) is 0.891. The molecule has 0 fully saturated rings. The number of amides is 1. The van der Waals surface area contributed by atoms with Crippen LogP contribution < -0.4 is 5.56 Å². The second kappa shape index (κ2) is 9.02. The Labute approximate surface area is 184 Å². The smallest absolute Gasteiger partial charge is 0.255 e. The largest absolute Gasteiger partial charge is 0.337 e. The summed E-state index contributed by atoms with van der Waals surface area (Å²) in [5, 5.41) is 5.47. The zero-order valence-electron chi connectivity index (χ0n) is 17.0. The van der Waals surface area contributed by atoms with Crippen molar-refractivity contribution in [1.82, 2.24) is 19.7 Å². The summed E-state index contributed by atoms with van der Waals surface area (Å²) in [4.78, 5) is 28.2. The lowest BCUT2D eigenvalue weighted by Gasteiger charge is -2.17. The Morgan fingerprint density at radius 2 is 1.77 bits per heavy atom. The van der Waals surface area contributed by atoms with E-state index < -0.39 is 0 Å². The maximum Gasteiger partial charge on any atom is 0.255 e. The van der Waals surface area contributed by atoms with Crippen molar-refractivity contribution in [2.24, 2.45) is 0 Å². The first-order valence-corrected chi connectivity index (χ1v) is 10.2. The average molecular weight is 433 g/mol. The van der Waals surface area contributed by atoms with Gasteiger partial charge in [-0.1, -0.05) is 60.1 Å². The third-order valence-corrected chi connectivity index (χ3v) is 5.33. The van der Waals surface area contributed by atoms with E-state index >= 15 is 0 Å². The van der Waals surface area contributed by atoms with Gasteiger partial charge in [0, 0.05) is 48.2 Å². The maximum absolute atomic E-state index is 12.8. The van der Waals surface area contributed by atoms with Gasteiger partial charge in [-0.25, -0.2) is 0 Å². The number of aromatic nitrogens is 3. The third-order valence-electron chi connectivity index (χ3n) is 4.96. The molecule has 0 bridgehead atoms. The maximum atomic E-state index is 12.8. The molecule has 4 rings (SSSR count). The van der Waals surface area contributed by atoms with Gasteiger partial charge in [0.15, 0.2) is 0 Å². The summed E-state index contributed by atoms with van der Waals surface area (Å²) in [7, 11) is 1.73. The molecular formula is C24H21ClN4O2. The molecule has 2 aromatic carbocycles. The van der Waals surface area contributed by atoms with Gasteiger partial charge in [-0.2, -0.15) is 5.10 Å². The summed E-state index contributed by atoms with van der Waals surface area (Å²) < 4.78 is 1.84. The Morgan fingerprint density at radius 1 is 1.03 bits per heavy atom. The van der Waals surface area contributed by atoms with E-state index in [0.29, 0.717) is 23.7 Å². The van der Waals surface area contributed by atoms with Crippen molar-refractivity contribution in [3.63, 3.8) is 0 Å². The first kappa shape index (κ1) is 20.6. The van der Waals surface area contributed by atoms with Crippen LogP contribution in [-0.2, 0) is 13.1 Å². The Bertz CT molecular complexity index is 1240. The number of hydrogen-bond donors (Lipinski definition) is 1. The van der Waals surface area contributed by atoms with Crippen molar-refractivity contribution in [3.8, 4) is 11.3 Å². The van der Waals surface area contributed by atoms with Gasteiger partial charge >= 0.3 is 0 Å². The van der Waals surface area contributed by atoms with Crippen molar-refractivity contribution in [1.29, 1.82) is 0 Å². The van der Waals surface area contributed by atoms with Crippen LogP contribution in [0.15, 0.2) is 83.9 Å². The number of hydrogen-bond acceptors (Lipinski definition) is 3. The fraction of sp³-hybridized carbons (Fsp3) is 0.125. The Hall–Kier alpha value is -3.64. The highest BCUT2D eigenvalue weighted by molar-refractivity contribution is 6.31. The molecule has 156 valence electrons. The highest BCUT2D eigenvalue weighted by Gasteiger charge is 2.18. The summed E-state index contributed by atoms with van der Waals surface area (Å²) in [5.41, 5.74) is 3.85. The third kappa shape index (κ3) is 4.75. The van der Waals surface area contributed by atoms with Crippen molar-refractivity contribution < 1.29 is 4.79 Å². The predicted octanol–water partition coefficient (Wildman–Crippen LogP) is 4.21. The van der Waals surface area contributed by atoms with Gasteiger partial charge in [-0.15, -0.1) is 0 Å². The molecule has 1 amide bonds.